The van der Waals surface area contributed by atoms with E-state index in [9.17, 15) is 13.6 Å². The van der Waals surface area contributed by atoms with E-state index < -0.39 is 29.9 Å². The molecule has 0 N–H and O–H groups in total. The molecular weight excluding hydrogens is 660 g/mol. The highest BCUT2D eigenvalue weighted by atomic mass is 19.1. The summed E-state index contributed by atoms with van der Waals surface area (Å²) in [5, 5.41) is 5.18. The van der Waals surface area contributed by atoms with Crippen LogP contribution in [-0.2, 0) is 16.1 Å². The molecule has 0 spiro atoms. The summed E-state index contributed by atoms with van der Waals surface area (Å²) in [6, 6.07) is 10.1. The standard InChI is InChI=1S/C36H35F2N9O4/c1-5-50-31-13-22(37)6-7-29(31)47-35-27(15-42-47)34(40-19-41-35)46-17-24-14-30(46)36(48)44(3)16-25(49-4)18-45-20(2)43-28-12-23(38)11-26(33(28)45)21-8-9-39-32(10-21)51-24/h6-13,15,19,24-25,30H,5,14,16-18H2,1-4H3/t24-,25?,30-/m0/s1. The second kappa shape index (κ2) is 12.9. The van der Waals surface area contributed by atoms with Gasteiger partial charge in [0.05, 0.1) is 48.4 Å². The Morgan fingerprint density at radius 2 is 1.88 bits per heavy atom. The first-order valence-electron chi connectivity index (χ1n) is 16.7. The van der Waals surface area contributed by atoms with E-state index in [2.05, 4.69) is 25.0 Å². The predicted molar refractivity (Wildman–Crippen MR) is 184 cm³/mol. The summed E-state index contributed by atoms with van der Waals surface area (Å²) < 4.78 is 50.8. The molecule has 0 aliphatic carbocycles. The molecule has 51 heavy (non-hydrogen) atoms. The third-order valence-electron chi connectivity index (χ3n) is 9.52. The number of hydrogen-bond donors (Lipinski definition) is 0. The van der Waals surface area contributed by atoms with Gasteiger partial charge in [-0.25, -0.2) is 33.4 Å². The number of nitrogens with zero attached hydrogens (tertiary/aromatic N) is 9. The van der Waals surface area contributed by atoms with E-state index in [0.717, 1.165) is 5.52 Å². The van der Waals surface area contributed by atoms with Crippen LogP contribution in [0.4, 0.5) is 14.6 Å². The number of methoxy groups -OCH3 is 1. The minimum Gasteiger partial charge on any atom is -0.492 e. The minimum atomic E-state index is -0.662. The fourth-order valence-electron chi connectivity index (χ4n) is 7.19. The summed E-state index contributed by atoms with van der Waals surface area (Å²) in [5.74, 6) is 0.852. The van der Waals surface area contributed by atoms with Gasteiger partial charge in [0.25, 0.3) is 0 Å². The molecule has 1 amide bonds. The average molecular weight is 696 g/mol. The first kappa shape index (κ1) is 32.5. The third-order valence-corrected chi connectivity index (χ3v) is 9.52. The first-order chi connectivity index (χ1) is 24.7. The summed E-state index contributed by atoms with van der Waals surface area (Å²) in [6.45, 7) is 4.97. The lowest BCUT2D eigenvalue weighted by Gasteiger charge is -2.30. The van der Waals surface area contributed by atoms with Crippen LogP contribution in [-0.4, -0.2) is 97.2 Å². The molecule has 4 aromatic heterocycles. The number of halogens is 2. The molecule has 6 aromatic rings. The number of carbonyl (C=O) groups is 1. The van der Waals surface area contributed by atoms with Crippen molar-refractivity contribution in [3.05, 3.63) is 78.6 Å². The highest BCUT2D eigenvalue weighted by molar-refractivity contribution is 5.94. The van der Waals surface area contributed by atoms with Crippen molar-refractivity contribution in [3.8, 4) is 28.4 Å². The van der Waals surface area contributed by atoms with E-state index in [-0.39, 0.29) is 12.5 Å². The number of hydrogen-bond acceptors (Lipinski definition) is 10. The van der Waals surface area contributed by atoms with Gasteiger partial charge in [0, 0.05) is 57.1 Å². The highest BCUT2D eigenvalue weighted by Gasteiger charge is 2.42. The van der Waals surface area contributed by atoms with Crippen molar-refractivity contribution < 1.29 is 27.8 Å². The molecule has 6 heterocycles. The summed E-state index contributed by atoms with van der Waals surface area (Å²) in [7, 11) is 3.36. The molecule has 4 bridgehead atoms. The van der Waals surface area contributed by atoms with Crippen molar-refractivity contribution in [2.75, 3.05) is 38.8 Å². The Hall–Kier alpha value is -5.70. The van der Waals surface area contributed by atoms with Gasteiger partial charge in [-0.2, -0.15) is 5.10 Å². The van der Waals surface area contributed by atoms with Gasteiger partial charge in [0.15, 0.2) is 5.65 Å². The Labute approximate surface area is 291 Å². The summed E-state index contributed by atoms with van der Waals surface area (Å²) in [5.41, 5.74) is 3.61. The van der Waals surface area contributed by atoms with E-state index in [1.165, 1.54) is 30.6 Å². The van der Waals surface area contributed by atoms with Crippen molar-refractivity contribution >= 4 is 33.8 Å². The molecule has 1 saturated heterocycles. The summed E-state index contributed by atoms with van der Waals surface area (Å²) in [6.07, 6.45) is 4.15. The number of amides is 1. The molecule has 0 saturated carbocycles. The molecule has 0 radical (unpaired) electrons. The van der Waals surface area contributed by atoms with E-state index >= 15 is 0 Å². The number of aryl methyl sites for hydroxylation is 1. The van der Waals surface area contributed by atoms with Crippen LogP contribution in [0.5, 0.6) is 11.6 Å². The second-order valence-electron chi connectivity index (χ2n) is 12.7. The quantitative estimate of drug-likeness (QED) is 0.250. The molecule has 15 heteroatoms. The molecule has 2 aliphatic rings. The van der Waals surface area contributed by atoms with Gasteiger partial charge in [0.2, 0.25) is 11.8 Å². The van der Waals surface area contributed by atoms with Crippen molar-refractivity contribution in [2.24, 2.45) is 0 Å². The fourth-order valence-corrected chi connectivity index (χ4v) is 7.19. The number of ether oxygens (including phenoxy) is 3. The Morgan fingerprint density at radius 3 is 2.71 bits per heavy atom. The molecule has 13 nitrogen and oxygen atoms in total. The molecule has 2 aromatic carbocycles. The van der Waals surface area contributed by atoms with Crippen LogP contribution in [0, 0.1) is 18.6 Å². The zero-order valence-corrected chi connectivity index (χ0v) is 28.5. The van der Waals surface area contributed by atoms with Gasteiger partial charge >= 0.3 is 0 Å². The van der Waals surface area contributed by atoms with Gasteiger partial charge in [-0.1, -0.05) is 0 Å². The number of likely N-dealkylation sites (N-methyl/N-ethyl adjacent to an activating group) is 1. The Morgan fingerprint density at radius 1 is 1.02 bits per heavy atom. The highest BCUT2D eigenvalue weighted by Crippen LogP contribution is 2.36. The molecular formula is C36H35F2N9O4. The van der Waals surface area contributed by atoms with Crippen LogP contribution >= 0.6 is 0 Å². The van der Waals surface area contributed by atoms with Crippen molar-refractivity contribution in [1.82, 2.24) is 39.2 Å². The van der Waals surface area contributed by atoms with Crippen LogP contribution in [0.25, 0.3) is 38.9 Å². The second-order valence-corrected chi connectivity index (χ2v) is 12.7. The van der Waals surface area contributed by atoms with Crippen LogP contribution in [0.3, 0.4) is 0 Å². The minimum absolute atomic E-state index is 0.147. The van der Waals surface area contributed by atoms with E-state index in [1.54, 1.807) is 48.3 Å². The van der Waals surface area contributed by atoms with E-state index in [1.807, 2.05) is 29.4 Å². The number of anilines is 1. The maximum absolute atomic E-state index is 15.0. The van der Waals surface area contributed by atoms with Crippen molar-refractivity contribution in [3.63, 3.8) is 0 Å². The average Bonchev–Trinajstić information content (AvgIpc) is 3.82. The number of carbonyl (C=O) groups excluding carboxylic acids is 1. The van der Waals surface area contributed by atoms with Crippen molar-refractivity contribution in [2.45, 2.75) is 45.1 Å². The monoisotopic (exact) mass is 695 g/mol. The van der Waals surface area contributed by atoms with Crippen LogP contribution < -0.4 is 14.4 Å². The maximum atomic E-state index is 15.0. The van der Waals surface area contributed by atoms with E-state index in [0.29, 0.717) is 82.8 Å². The van der Waals surface area contributed by atoms with Crippen LogP contribution in [0.2, 0.25) is 0 Å². The molecule has 3 atom stereocenters. The van der Waals surface area contributed by atoms with Gasteiger partial charge in [0.1, 0.15) is 53.2 Å². The smallest absolute Gasteiger partial charge is 0.245 e. The lowest BCUT2D eigenvalue weighted by Crippen LogP contribution is -2.47. The zero-order chi connectivity index (χ0) is 35.4. The SMILES string of the molecule is CCOc1cc(F)ccc1-n1ncc2c(N3C[C@@H]4C[C@H]3C(=O)N(C)CC(OC)Cn3c(C)nc5cc(F)cc(c53)-c3ccnc(c3)O4)ncnc21. The Balaban J connectivity index is 1.22. The number of rotatable bonds is 5. The van der Waals surface area contributed by atoms with Crippen LogP contribution in [0.15, 0.2) is 61.2 Å². The lowest BCUT2D eigenvalue weighted by atomic mass is 10.0. The normalized spacial score (nSPS) is 19.3. The number of benzene rings is 2. The van der Waals surface area contributed by atoms with Gasteiger partial charge < -0.3 is 28.6 Å². The Bertz CT molecular complexity index is 2290. The maximum Gasteiger partial charge on any atom is 0.245 e. The zero-order valence-electron chi connectivity index (χ0n) is 28.5. The Kier molecular flexibility index (Phi) is 8.21. The summed E-state index contributed by atoms with van der Waals surface area (Å²) in [4.78, 5) is 36.3. The van der Waals surface area contributed by atoms with Gasteiger partial charge in [-0.3, -0.25) is 4.79 Å². The third kappa shape index (κ3) is 5.76. The van der Waals surface area contributed by atoms with Crippen LogP contribution in [0.1, 0.15) is 19.2 Å². The number of pyridine rings is 1. The summed E-state index contributed by atoms with van der Waals surface area (Å²) >= 11 is 0. The largest absolute Gasteiger partial charge is 0.492 e. The van der Waals surface area contributed by atoms with Crippen molar-refractivity contribution in [1.29, 1.82) is 0 Å². The molecule has 262 valence electrons. The molecule has 1 unspecified atom stereocenters. The first-order valence-corrected chi connectivity index (χ1v) is 16.7. The van der Waals surface area contributed by atoms with E-state index in [4.69, 9.17) is 14.2 Å². The van der Waals surface area contributed by atoms with Gasteiger partial charge in [-0.15, -0.1) is 0 Å². The lowest BCUT2D eigenvalue weighted by molar-refractivity contribution is -0.133. The number of aromatic nitrogens is 7. The number of fused-ring (bicyclic) bond motifs is 6. The topological polar surface area (TPSA) is 126 Å². The predicted octanol–water partition coefficient (Wildman–Crippen LogP) is 4.73. The van der Waals surface area contributed by atoms with Gasteiger partial charge in [-0.05, 0) is 43.7 Å². The molecule has 2 aliphatic heterocycles. The fraction of sp³-hybridized carbons (Fsp3) is 0.333. The number of imidazole rings is 1. The molecule has 1 fully saturated rings. The molecule has 8 rings (SSSR count).